The lowest BCUT2D eigenvalue weighted by Crippen LogP contribution is -2.47. The molecule has 1 rings (SSSR count). The van der Waals surface area contributed by atoms with E-state index in [0.717, 1.165) is 12.8 Å². The Labute approximate surface area is 93.8 Å². The monoisotopic (exact) mass is 209 g/mol. The van der Waals surface area contributed by atoms with E-state index < -0.39 is 0 Å². The highest BCUT2D eigenvalue weighted by Crippen LogP contribution is 2.37. The average Bonchev–Trinajstić information content (AvgIpc) is 2.30. The summed E-state index contributed by atoms with van der Waals surface area (Å²) in [6.07, 6.45) is 7.44. The number of ether oxygens (including phenoxy) is 1. The van der Waals surface area contributed by atoms with Crippen molar-refractivity contribution in [2.75, 3.05) is 0 Å². The molecular formula is C13H23NO. The SMILES string of the molecule is C#CC(CC)NC1CC(C)(C)OC1(C)C. The van der Waals surface area contributed by atoms with E-state index in [9.17, 15) is 0 Å². The fraction of sp³-hybridized carbons (Fsp3) is 0.846. The van der Waals surface area contributed by atoms with Gasteiger partial charge in [-0.05, 0) is 40.5 Å². The number of hydrogen-bond donors (Lipinski definition) is 1. The molecular weight excluding hydrogens is 186 g/mol. The zero-order chi connectivity index (χ0) is 11.7. The van der Waals surface area contributed by atoms with E-state index in [4.69, 9.17) is 11.2 Å². The molecule has 0 spiro atoms. The van der Waals surface area contributed by atoms with Crippen LogP contribution in [0.2, 0.25) is 0 Å². The molecule has 1 aliphatic heterocycles. The molecule has 0 aromatic heterocycles. The zero-order valence-electron chi connectivity index (χ0n) is 10.6. The van der Waals surface area contributed by atoms with Gasteiger partial charge in [0.1, 0.15) is 0 Å². The number of hydrogen-bond acceptors (Lipinski definition) is 2. The Bertz CT molecular complexity index is 262. The van der Waals surface area contributed by atoms with Crippen molar-refractivity contribution in [2.45, 2.75) is 70.7 Å². The van der Waals surface area contributed by atoms with Crippen molar-refractivity contribution < 1.29 is 4.74 Å². The minimum Gasteiger partial charge on any atom is -0.368 e. The third-order valence-corrected chi connectivity index (χ3v) is 3.09. The summed E-state index contributed by atoms with van der Waals surface area (Å²) in [7, 11) is 0. The van der Waals surface area contributed by atoms with Crippen LogP contribution in [0.1, 0.15) is 47.5 Å². The van der Waals surface area contributed by atoms with Gasteiger partial charge in [0.2, 0.25) is 0 Å². The summed E-state index contributed by atoms with van der Waals surface area (Å²) >= 11 is 0. The van der Waals surface area contributed by atoms with Gasteiger partial charge in [-0.15, -0.1) is 6.42 Å². The van der Waals surface area contributed by atoms with Crippen molar-refractivity contribution in [3.8, 4) is 12.3 Å². The van der Waals surface area contributed by atoms with E-state index in [0.29, 0.717) is 6.04 Å². The topological polar surface area (TPSA) is 21.3 Å². The first-order valence-corrected chi connectivity index (χ1v) is 5.73. The zero-order valence-corrected chi connectivity index (χ0v) is 10.6. The Morgan fingerprint density at radius 3 is 2.40 bits per heavy atom. The van der Waals surface area contributed by atoms with E-state index in [1.165, 1.54) is 0 Å². The van der Waals surface area contributed by atoms with Crippen LogP contribution >= 0.6 is 0 Å². The van der Waals surface area contributed by atoms with Crippen LogP contribution in [0.3, 0.4) is 0 Å². The van der Waals surface area contributed by atoms with E-state index in [2.05, 4.69) is 45.9 Å². The molecule has 1 saturated heterocycles. The summed E-state index contributed by atoms with van der Waals surface area (Å²) < 4.78 is 6.01. The van der Waals surface area contributed by atoms with Gasteiger partial charge in [0.15, 0.2) is 0 Å². The maximum atomic E-state index is 6.01. The van der Waals surface area contributed by atoms with Crippen LogP contribution in [0, 0.1) is 12.3 Å². The molecule has 2 unspecified atom stereocenters. The largest absolute Gasteiger partial charge is 0.368 e. The number of rotatable bonds is 3. The average molecular weight is 209 g/mol. The highest BCUT2D eigenvalue weighted by molar-refractivity contribution is 5.05. The second-order valence-corrected chi connectivity index (χ2v) is 5.52. The Morgan fingerprint density at radius 1 is 1.47 bits per heavy atom. The highest BCUT2D eigenvalue weighted by atomic mass is 16.5. The normalized spacial score (nSPS) is 29.7. The van der Waals surface area contributed by atoms with Crippen LogP contribution in [-0.4, -0.2) is 23.3 Å². The van der Waals surface area contributed by atoms with Crippen molar-refractivity contribution in [1.29, 1.82) is 0 Å². The molecule has 0 aromatic rings. The summed E-state index contributed by atoms with van der Waals surface area (Å²) in [5.74, 6) is 2.78. The minimum absolute atomic E-state index is 0.0476. The van der Waals surface area contributed by atoms with Crippen LogP contribution in [0.25, 0.3) is 0 Å². The fourth-order valence-electron chi connectivity index (χ4n) is 2.35. The predicted octanol–water partition coefficient (Wildman–Crippen LogP) is 2.33. The van der Waals surface area contributed by atoms with Crippen molar-refractivity contribution in [1.82, 2.24) is 5.32 Å². The molecule has 0 radical (unpaired) electrons. The lowest BCUT2D eigenvalue weighted by atomic mass is 9.93. The van der Waals surface area contributed by atoms with Crippen LogP contribution in [0.4, 0.5) is 0 Å². The van der Waals surface area contributed by atoms with Gasteiger partial charge in [-0.25, -0.2) is 0 Å². The van der Waals surface area contributed by atoms with E-state index >= 15 is 0 Å². The lowest BCUT2D eigenvalue weighted by molar-refractivity contribution is -0.0701. The molecule has 0 amide bonds. The molecule has 0 aliphatic carbocycles. The van der Waals surface area contributed by atoms with Crippen molar-refractivity contribution >= 4 is 0 Å². The maximum Gasteiger partial charge on any atom is 0.0787 e. The van der Waals surface area contributed by atoms with Gasteiger partial charge in [0, 0.05) is 6.04 Å². The Kier molecular flexibility index (Phi) is 3.48. The Morgan fingerprint density at radius 2 is 2.07 bits per heavy atom. The molecule has 2 heteroatoms. The predicted molar refractivity (Wildman–Crippen MR) is 63.7 cm³/mol. The first-order chi connectivity index (χ1) is 6.80. The first kappa shape index (κ1) is 12.5. The Hall–Kier alpha value is -0.520. The molecule has 1 N–H and O–H groups in total. The smallest absolute Gasteiger partial charge is 0.0787 e. The van der Waals surface area contributed by atoms with Gasteiger partial charge in [-0.2, -0.15) is 0 Å². The van der Waals surface area contributed by atoms with Gasteiger partial charge in [0.05, 0.1) is 17.2 Å². The first-order valence-electron chi connectivity index (χ1n) is 5.73. The van der Waals surface area contributed by atoms with Crippen LogP contribution in [-0.2, 0) is 4.74 Å². The third-order valence-electron chi connectivity index (χ3n) is 3.09. The van der Waals surface area contributed by atoms with Crippen molar-refractivity contribution in [3.63, 3.8) is 0 Å². The molecule has 15 heavy (non-hydrogen) atoms. The third kappa shape index (κ3) is 2.96. The van der Waals surface area contributed by atoms with Crippen molar-refractivity contribution in [3.05, 3.63) is 0 Å². The molecule has 1 fully saturated rings. The van der Waals surface area contributed by atoms with Gasteiger partial charge >= 0.3 is 0 Å². The van der Waals surface area contributed by atoms with E-state index in [1.54, 1.807) is 0 Å². The van der Waals surface area contributed by atoms with Crippen LogP contribution < -0.4 is 5.32 Å². The number of terminal acetylenes is 1. The van der Waals surface area contributed by atoms with Crippen LogP contribution in [0.15, 0.2) is 0 Å². The molecule has 2 atom stereocenters. The summed E-state index contributed by atoms with van der Waals surface area (Å²) in [5.41, 5.74) is -0.179. The molecule has 86 valence electrons. The van der Waals surface area contributed by atoms with Crippen molar-refractivity contribution in [2.24, 2.45) is 0 Å². The maximum absolute atomic E-state index is 6.01. The molecule has 0 bridgehead atoms. The summed E-state index contributed by atoms with van der Waals surface area (Å²) in [4.78, 5) is 0. The van der Waals surface area contributed by atoms with E-state index in [1.807, 2.05) is 0 Å². The van der Waals surface area contributed by atoms with E-state index in [-0.39, 0.29) is 17.2 Å². The molecule has 2 nitrogen and oxygen atoms in total. The van der Waals surface area contributed by atoms with Gasteiger partial charge in [-0.1, -0.05) is 12.8 Å². The summed E-state index contributed by atoms with van der Waals surface area (Å²) in [5, 5.41) is 3.50. The Balaban J connectivity index is 2.67. The second-order valence-electron chi connectivity index (χ2n) is 5.52. The van der Waals surface area contributed by atoms with Gasteiger partial charge in [0.25, 0.3) is 0 Å². The second kappa shape index (κ2) is 4.15. The minimum atomic E-state index is -0.131. The highest BCUT2D eigenvalue weighted by Gasteiger charge is 2.45. The van der Waals surface area contributed by atoms with Gasteiger partial charge in [-0.3, -0.25) is 5.32 Å². The summed E-state index contributed by atoms with van der Waals surface area (Å²) in [6, 6.07) is 0.500. The lowest BCUT2D eigenvalue weighted by Gasteiger charge is -2.29. The molecule has 0 aromatic carbocycles. The standard InChI is InChI=1S/C13H23NO/c1-7-10(8-2)14-11-9-12(3,4)15-13(11,5)6/h1,10-11,14H,8-9H2,2-6H3. The quantitative estimate of drug-likeness (QED) is 0.720. The fourth-order valence-corrected chi connectivity index (χ4v) is 2.35. The number of nitrogens with one attached hydrogen (secondary N) is 1. The molecule has 1 aliphatic rings. The summed E-state index contributed by atoms with van der Waals surface area (Å²) in [6.45, 7) is 10.6. The molecule has 0 saturated carbocycles. The van der Waals surface area contributed by atoms with Gasteiger partial charge < -0.3 is 4.74 Å². The molecule has 1 heterocycles. The van der Waals surface area contributed by atoms with Crippen LogP contribution in [0.5, 0.6) is 0 Å².